The summed E-state index contributed by atoms with van der Waals surface area (Å²) in [6.45, 7) is 1.30. The van der Waals surface area contributed by atoms with E-state index in [-0.39, 0.29) is 5.82 Å². The molecule has 0 fully saturated rings. The Morgan fingerprint density at radius 2 is 1.91 bits per heavy atom. The van der Waals surface area contributed by atoms with Crippen molar-refractivity contribution >= 4 is 10.9 Å². The second-order valence-electron chi connectivity index (χ2n) is 5.53. The molecule has 0 amide bonds. The molecule has 0 N–H and O–H groups in total. The molecule has 0 aliphatic carbocycles. The minimum absolute atomic E-state index is 0.207. The summed E-state index contributed by atoms with van der Waals surface area (Å²) < 4.78 is 17.4. The standard InChI is InChI=1S/C18H15FN4/c19-16-5-3-4-14(10-16)11-22-12-15(13-23-9-8-20-21-23)17-6-1-2-7-18(17)22/h1-10,12H,11,13H2. The van der Waals surface area contributed by atoms with Gasteiger partial charge in [-0.25, -0.2) is 9.07 Å². The van der Waals surface area contributed by atoms with Gasteiger partial charge in [0.25, 0.3) is 0 Å². The van der Waals surface area contributed by atoms with Crippen LogP contribution in [0.15, 0.2) is 67.1 Å². The van der Waals surface area contributed by atoms with E-state index < -0.39 is 0 Å². The van der Waals surface area contributed by atoms with Crippen LogP contribution >= 0.6 is 0 Å². The van der Waals surface area contributed by atoms with E-state index in [0.717, 1.165) is 11.1 Å². The molecule has 0 atom stereocenters. The Hall–Kier alpha value is -2.95. The number of hydrogen-bond acceptors (Lipinski definition) is 2. The van der Waals surface area contributed by atoms with E-state index in [4.69, 9.17) is 0 Å². The normalized spacial score (nSPS) is 11.2. The molecular formula is C18H15FN4. The van der Waals surface area contributed by atoms with Gasteiger partial charge >= 0.3 is 0 Å². The molecule has 2 heterocycles. The van der Waals surface area contributed by atoms with E-state index in [1.54, 1.807) is 23.0 Å². The highest BCUT2D eigenvalue weighted by atomic mass is 19.1. The first-order valence-electron chi connectivity index (χ1n) is 7.45. The van der Waals surface area contributed by atoms with Crippen LogP contribution in [0.3, 0.4) is 0 Å². The van der Waals surface area contributed by atoms with Gasteiger partial charge in [0.1, 0.15) is 5.82 Å². The summed E-state index contributed by atoms with van der Waals surface area (Å²) in [4.78, 5) is 0. The highest BCUT2D eigenvalue weighted by Crippen LogP contribution is 2.23. The molecule has 4 aromatic rings. The molecule has 5 heteroatoms. The lowest BCUT2D eigenvalue weighted by molar-refractivity contribution is 0.623. The van der Waals surface area contributed by atoms with Crippen LogP contribution in [0, 0.1) is 5.82 Å². The Morgan fingerprint density at radius 3 is 2.74 bits per heavy atom. The molecular weight excluding hydrogens is 291 g/mol. The molecule has 2 aromatic carbocycles. The first kappa shape index (κ1) is 13.7. The summed E-state index contributed by atoms with van der Waals surface area (Å²) in [6, 6.07) is 15.0. The van der Waals surface area contributed by atoms with Crippen LogP contribution in [0.1, 0.15) is 11.1 Å². The average molecular weight is 306 g/mol. The monoisotopic (exact) mass is 306 g/mol. The van der Waals surface area contributed by atoms with Gasteiger partial charge < -0.3 is 4.57 Å². The van der Waals surface area contributed by atoms with Crippen molar-refractivity contribution in [1.29, 1.82) is 0 Å². The van der Waals surface area contributed by atoms with Gasteiger partial charge in [-0.3, -0.25) is 0 Å². The van der Waals surface area contributed by atoms with Crippen LogP contribution in [-0.2, 0) is 13.1 Å². The van der Waals surface area contributed by atoms with E-state index in [2.05, 4.69) is 33.2 Å². The van der Waals surface area contributed by atoms with E-state index in [0.29, 0.717) is 13.1 Å². The van der Waals surface area contributed by atoms with Crippen molar-refractivity contribution in [3.8, 4) is 0 Å². The third-order valence-electron chi connectivity index (χ3n) is 3.92. The number of nitrogens with zero attached hydrogens (tertiary/aromatic N) is 4. The van der Waals surface area contributed by atoms with Crippen LogP contribution in [0.25, 0.3) is 10.9 Å². The number of benzene rings is 2. The predicted octanol–water partition coefficient (Wildman–Crippen LogP) is 3.47. The minimum atomic E-state index is -0.207. The molecule has 0 radical (unpaired) electrons. The second kappa shape index (κ2) is 5.68. The number of para-hydroxylation sites is 1. The fourth-order valence-corrected chi connectivity index (χ4v) is 2.90. The van der Waals surface area contributed by atoms with Crippen LogP contribution < -0.4 is 0 Å². The van der Waals surface area contributed by atoms with E-state index in [9.17, 15) is 4.39 Å². The molecule has 0 aliphatic rings. The van der Waals surface area contributed by atoms with Crippen molar-refractivity contribution in [2.24, 2.45) is 0 Å². The summed E-state index contributed by atoms with van der Waals surface area (Å²) in [5.74, 6) is -0.207. The minimum Gasteiger partial charge on any atom is -0.343 e. The van der Waals surface area contributed by atoms with Gasteiger partial charge in [0, 0.05) is 29.8 Å². The van der Waals surface area contributed by atoms with Crippen molar-refractivity contribution in [3.63, 3.8) is 0 Å². The SMILES string of the molecule is Fc1cccc(Cn2cc(Cn3ccnn3)c3ccccc32)c1. The van der Waals surface area contributed by atoms with Crippen LogP contribution in [0.4, 0.5) is 4.39 Å². The van der Waals surface area contributed by atoms with Gasteiger partial charge in [0.15, 0.2) is 0 Å². The second-order valence-corrected chi connectivity index (χ2v) is 5.53. The van der Waals surface area contributed by atoms with Crippen LogP contribution in [0.5, 0.6) is 0 Å². The summed E-state index contributed by atoms with van der Waals surface area (Å²) in [5, 5.41) is 9.06. The summed E-state index contributed by atoms with van der Waals surface area (Å²) in [6.07, 6.45) is 5.63. The number of rotatable bonds is 4. The molecule has 4 nitrogen and oxygen atoms in total. The lowest BCUT2D eigenvalue weighted by Crippen LogP contribution is -2.01. The molecule has 114 valence electrons. The van der Waals surface area contributed by atoms with Gasteiger partial charge in [0.05, 0.1) is 12.7 Å². The summed E-state index contributed by atoms with van der Waals surface area (Å²) >= 11 is 0. The Morgan fingerprint density at radius 1 is 1.00 bits per heavy atom. The van der Waals surface area contributed by atoms with E-state index >= 15 is 0 Å². The Bertz CT molecular complexity index is 941. The van der Waals surface area contributed by atoms with Crippen molar-refractivity contribution in [2.45, 2.75) is 13.1 Å². The van der Waals surface area contributed by atoms with Crippen molar-refractivity contribution < 1.29 is 4.39 Å². The van der Waals surface area contributed by atoms with Crippen molar-refractivity contribution in [2.75, 3.05) is 0 Å². The van der Waals surface area contributed by atoms with Gasteiger partial charge in [-0.1, -0.05) is 35.5 Å². The molecule has 23 heavy (non-hydrogen) atoms. The van der Waals surface area contributed by atoms with Crippen molar-refractivity contribution in [1.82, 2.24) is 19.6 Å². The predicted molar refractivity (Wildman–Crippen MR) is 86.6 cm³/mol. The highest BCUT2D eigenvalue weighted by Gasteiger charge is 2.09. The van der Waals surface area contributed by atoms with E-state index in [1.165, 1.54) is 17.0 Å². The fraction of sp³-hybridized carbons (Fsp3) is 0.111. The third-order valence-corrected chi connectivity index (χ3v) is 3.92. The number of fused-ring (bicyclic) bond motifs is 1. The van der Waals surface area contributed by atoms with Crippen molar-refractivity contribution in [3.05, 3.63) is 84.1 Å². The molecule has 0 saturated heterocycles. The maximum atomic E-state index is 13.4. The average Bonchev–Trinajstić information content (AvgIpc) is 3.17. The quantitative estimate of drug-likeness (QED) is 0.579. The molecule has 0 saturated carbocycles. The number of aromatic nitrogens is 4. The lowest BCUT2D eigenvalue weighted by Gasteiger charge is -2.05. The largest absolute Gasteiger partial charge is 0.343 e. The summed E-state index contributed by atoms with van der Waals surface area (Å²) in [7, 11) is 0. The molecule has 2 aromatic heterocycles. The van der Waals surface area contributed by atoms with Crippen LogP contribution in [0.2, 0.25) is 0 Å². The topological polar surface area (TPSA) is 35.6 Å². The fourth-order valence-electron chi connectivity index (χ4n) is 2.90. The molecule has 0 spiro atoms. The Balaban J connectivity index is 1.74. The van der Waals surface area contributed by atoms with Gasteiger partial charge in [0.2, 0.25) is 0 Å². The first-order chi connectivity index (χ1) is 11.3. The number of halogens is 1. The number of hydrogen-bond donors (Lipinski definition) is 0. The van der Waals surface area contributed by atoms with Gasteiger partial charge in [-0.2, -0.15) is 0 Å². The van der Waals surface area contributed by atoms with Gasteiger partial charge in [-0.05, 0) is 29.3 Å². The smallest absolute Gasteiger partial charge is 0.123 e. The van der Waals surface area contributed by atoms with Crippen LogP contribution in [-0.4, -0.2) is 19.6 Å². The zero-order valence-corrected chi connectivity index (χ0v) is 12.4. The molecule has 0 bridgehead atoms. The lowest BCUT2D eigenvalue weighted by atomic mass is 10.2. The zero-order chi connectivity index (χ0) is 15.6. The van der Waals surface area contributed by atoms with E-state index in [1.807, 2.05) is 24.4 Å². The molecule has 0 aliphatic heterocycles. The first-order valence-corrected chi connectivity index (χ1v) is 7.45. The zero-order valence-electron chi connectivity index (χ0n) is 12.4. The Labute approximate surface area is 132 Å². The third kappa shape index (κ3) is 2.73. The van der Waals surface area contributed by atoms with Gasteiger partial charge in [-0.15, -0.1) is 5.10 Å². The maximum absolute atomic E-state index is 13.4. The molecule has 4 rings (SSSR count). The highest BCUT2D eigenvalue weighted by molar-refractivity contribution is 5.84. The summed E-state index contributed by atoms with van der Waals surface area (Å²) in [5.41, 5.74) is 3.24. The molecule has 0 unspecified atom stereocenters. The maximum Gasteiger partial charge on any atom is 0.123 e. The Kier molecular flexibility index (Phi) is 3.38.